The minimum Gasteiger partial charge on any atom is -0.355 e. The van der Waals surface area contributed by atoms with Crippen LogP contribution in [-0.4, -0.2) is 60.9 Å². The van der Waals surface area contributed by atoms with Crippen molar-refractivity contribution in [1.82, 2.24) is 15.1 Å². The molecule has 2 heterocycles. The summed E-state index contributed by atoms with van der Waals surface area (Å²) in [7, 11) is 0. The topological polar surface area (TPSA) is 52.7 Å². The lowest BCUT2D eigenvalue weighted by molar-refractivity contribution is -0.140. The SMILES string of the molecule is O=C(N1CCCCC1)C1(c2ccccc2)CCN(C[C@@H]2C[C@@]2(C(=O)NCCc2ccccc2)c2ccccc2)CC1. The summed E-state index contributed by atoms with van der Waals surface area (Å²) in [4.78, 5) is 32.4. The molecule has 3 aromatic carbocycles. The Kier molecular flexibility index (Phi) is 8.25. The maximum Gasteiger partial charge on any atom is 0.233 e. The van der Waals surface area contributed by atoms with E-state index in [-0.39, 0.29) is 11.8 Å². The van der Waals surface area contributed by atoms with Gasteiger partial charge in [0, 0.05) is 26.2 Å². The minimum absolute atomic E-state index is 0.153. The molecule has 1 N–H and O–H groups in total. The lowest BCUT2D eigenvalue weighted by atomic mass is 9.71. The molecule has 214 valence electrons. The van der Waals surface area contributed by atoms with E-state index in [9.17, 15) is 9.59 Å². The fraction of sp³-hybridized carbons (Fsp3) is 0.444. The lowest BCUT2D eigenvalue weighted by Crippen LogP contribution is -2.54. The molecule has 3 aromatic rings. The van der Waals surface area contributed by atoms with Crippen LogP contribution in [0.4, 0.5) is 0 Å². The van der Waals surface area contributed by atoms with Crippen LogP contribution in [0.15, 0.2) is 91.0 Å². The number of likely N-dealkylation sites (tertiary alicyclic amines) is 2. The zero-order valence-electron chi connectivity index (χ0n) is 24.1. The first-order valence-corrected chi connectivity index (χ1v) is 15.6. The van der Waals surface area contributed by atoms with Gasteiger partial charge < -0.3 is 15.1 Å². The van der Waals surface area contributed by atoms with Crippen molar-refractivity contribution >= 4 is 11.8 Å². The summed E-state index contributed by atoms with van der Waals surface area (Å²) in [6, 6.07) is 31.2. The van der Waals surface area contributed by atoms with Crippen LogP contribution in [0.5, 0.6) is 0 Å². The zero-order valence-corrected chi connectivity index (χ0v) is 24.1. The molecule has 2 amide bonds. The number of carbonyl (C=O) groups is 2. The third-order valence-electron chi connectivity index (χ3n) is 9.91. The molecule has 1 saturated carbocycles. The molecule has 41 heavy (non-hydrogen) atoms. The van der Waals surface area contributed by atoms with Crippen molar-refractivity contribution in [3.63, 3.8) is 0 Å². The van der Waals surface area contributed by atoms with Gasteiger partial charge in [0.2, 0.25) is 11.8 Å². The Morgan fingerprint density at radius 2 is 1.32 bits per heavy atom. The van der Waals surface area contributed by atoms with Gasteiger partial charge in [0.1, 0.15) is 0 Å². The summed E-state index contributed by atoms with van der Waals surface area (Å²) in [5, 5.41) is 3.28. The van der Waals surface area contributed by atoms with E-state index in [1.165, 1.54) is 12.0 Å². The number of hydrogen-bond donors (Lipinski definition) is 1. The summed E-state index contributed by atoms with van der Waals surface area (Å²) in [6.45, 7) is 5.07. The van der Waals surface area contributed by atoms with E-state index in [1.54, 1.807) is 0 Å². The summed E-state index contributed by atoms with van der Waals surface area (Å²) in [5.74, 6) is 0.759. The average molecular weight is 550 g/mol. The van der Waals surface area contributed by atoms with Gasteiger partial charge in [-0.2, -0.15) is 0 Å². The molecule has 6 rings (SSSR count). The third-order valence-corrected chi connectivity index (χ3v) is 9.91. The second kappa shape index (κ2) is 12.2. The van der Waals surface area contributed by atoms with Crippen molar-refractivity contribution in [3.8, 4) is 0 Å². The average Bonchev–Trinajstić information content (AvgIpc) is 3.78. The van der Waals surface area contributed by atoms with Crippen LogP contribution in [-0.2, 0) is 26.8 Å². The van der Waals surface area contributed by atoms with Crippen LogP contribution in [0.2, 0.25) is 0 Å². The molecule has 5 nitrogen and oxygen atoms in total. The number of carbonyl (C=O) groups excluding carboxylic acids is 2. The fourth-order valence-electron chi connectivity index (χ4n) is 7.38. The Balaban J connectivity index is 1.13. The van der Waals surface area contributed by atoms with Gasteiger partial charge in [-0.25, -0.2) is 0 Å². The van der Waals surface area contributed by atoms with Crippen LogP contribution in [0.1, 0.15) is 55.2 Å². The van der Waals surface area contributed by atoms with E-state index in [0.717, 1.165) is 82.4 Å². The van der Waals surface area contributed by atoms with Crippen molar-refractivity contribution in [2.45, 2.75) is 55.8 Å². The Hall–Kier alpha value is -3.44. The van der Waals surface area contributed by atoms with E-state index in [0.29, 0.717) is 12.5 Å². The maximum absolute atomic E-state index is 14.1. The van der Waals surface area contributed by atoms with Gasteiger partial charge in [-0.1, -0.05) is 91.0 Å². The Bertz CT molecular complexity index is 1300. The normalized spacial score (nSPS) is 24.0. The predicted molar refractivity (Wildman–Crippen MR) is 164 cm³/mol. The summed E-state index contributed by atoms with van der Waals surface area (Å²) in [6.07, 6.45) is 6.82. The number of benzene rings is 3. The van der Waals surface area contributed by atoms with Crippen LogP contribution in [0, 0.1) is 5.92 Å². The number of hydrogen-bond acceptors (Lipinski definition) is 3. The Morgan fingerprint density at radius 3 is 1.95 bits per heavy atom. The second-order valence-electron chi connectivity index (χ2n) is 12.3. The maximum atomic E-state index is 14.1. The number of piperidine rings is 2. The Morgan fingerprint density at radius 1 is 0.732 bits per heavy atom. The number of rotatable bonds is 9. The molecule has 5 heteroatoms. The molecule has 2 saturated heterocycles. The van der Waals surface area contributed by atoms with Gasteiger partial charge >= 0.3 is 0 Å². The smallest absolute Gasteiger partial charge is 0.233 e. The van der Waals surface area contributed by atoms with Gasteiger partial charge in [-0.15, -0.1) is 0 Å². The molecule has 3 aliphatic rings. The van der Waals surface area contributed by atoms with Gasteiger partial charge in [0.15, 0.2) is 0 Å². The second-order valence-corrected chi connectivity index (χ2v) is 12.3. The number of nitrogens with one attached hydrogen (secondary N) is 1. The van der Waals surface area contributed by atoms with E-state index < -0.39 is 10.8 Å². The highest BCUT2D eigenvalue weighted by Crippen LogP contribution is 2.55. The van der Waals surface area contributed by atoms with Gasteiger partial charge in [-0.05, 0) is 80.6 Å². The Labute approximate surface area is 244 Å². The quantitative estimate of drug-likeness (QED) is 0.392. The van der Waals surface area contributed by atoms with E-state index >= 15 is 0 Å². The molecule has 0 aromatic heterocycles. The van der Waals surface area contributed by atoms with Crippen LogP contribution >= 0.6 is 0 Å². The van der Waals surface area contributed by atoms with Crippen molar-refractivity contribution in [2.24, 2.45) is 5.92 Å². The summed E-state index contributed by atoms with van der Waals surface area (Å²) >= 11 is 0. The van der Waals surface area contributed by atoms with Crippen molar-refractivity contribution in [1.29, 1.82) is 0 Å². The molecule has 2 atom stereocenters. The molecule has 1 aliphatic carbocycles. The van der Waals surface area contributed by atoms with Crippen LogP contribution in [0.25, 0.3) is 0 Å². The minimum atomic E-state index is -0.463. The monoisotopic (exact) mass is 549 g/mol. The molecule has 0 unspecified atom stereocenters. The molecule has 0 radical (unpaired) electrons. The van der Waals surface area contributed by atoms with E-state index in [2.05, 4.69) is 63.6 Å². The first kappa shape index (κ1) is 27.7. The standard InChI is InChI=1S/C36H43N3O2/c40-33(37-22-19-29-13-5-1-6-14-29)36(31-17-9-3-10-18-31)27-32(36)28-38-25-20-35(21-26-38,30-15-7-2-8-16-30)34(41)39-23-11-4-12-24-39/h1-3,5-10,13-18,32H,4,11-12,19-28H2,(H,37,40)/t32-,36+/m0/s1. The lowest BCUT2D eigenvalue weighted by Gasteiger charge is -2.44. The number of amides is 2. The molecular weight excluding hydrogens is 506 g/mol. The predicted octanol–water partition coefficient (Wildman–Crippen LogP) is 5.35. The first-order valence-electron chi connectivity index (χ1n) is 15.6. The fourth-order valence-corrected chi connectivity index (χ4v) is 7.38. The van der Waals surface area contributed by atoms with Crippen LogP contribution in [0.3, 0.4) is 0 Å². The van der Waals surface area contributed by atoms with Gasteiger partial charge in [-0.3, -0.25) is 9.59 Å². The van der Waals surface area contributed by atoms with Crippen molar-refractivity contribution < 1.29 is 9.59 Å². The molecule has 0 spiro atoms. The highest BCUT2D eigenvalue weighted by atomic mass is 16.2. The third kappa shape index (κ3) is 5.70. The van der Waals surface area contributed by atoms with Gasteiger partial charge in [0.25, 0.3) is 0 Å². The van der Waals surface area contributed by atoms with Crippen molar-refractivity contribution in [3.05, 3.63) is 108 Å². The largest absolute Gasteiger partial charge is 0.355 e. The highest BCUT2D eigenvalue weighted by molar-refractivity contribution is 5.92. The van der Waals surface area contributed by atoms with E-state index in [4.69, 9.17) is 0 Å². The summed E-state index contributed by atoms with van der Waals surface area (Å²) in [5.41, 5.74) is 2.62. The highest BCUT2D eigenvalue weighted by Gasteiger charge is 2.61. The molecule has 2 aliphatic heterocycles. The zero-order chi connectivity index (χ0) is 28.1. The van der Waals surface area contributed by atoms with E-state index in [1.807, 2.05) is 42.5 Å². The molecule has 0 bridgehead atoms. The van der Waals surface area contributed by atoms with Crippen molar-refractivity contribution in [2.75, 3.05) is 39.3 Å². The first-order chi connectivity index (χ1) is 20.1. The number of nitrogens with zero attached hydrogens (tertiary/aromatic N) is 2. The summed E-state index contributed by atoms with van der Waals surface area (Å²) < 4.78 is 0. The van der Waals surface area contributed by atoms with Crippen LogP contribution < -0.4 is 5.32 Å². The molecular formula is C36H43N3O2. The molecule has 3 fully saturated rings. The van der Waals surface area contributed by atoms with Gasteiger partial charge in [0.05, 0.1) is 10.8 Å².